The summed E-state index contributed by atoms with van der Waals surface area (Å²) in [7, 11) is 0. The van der Waals surface area contributed by atoms with Crippen LogP contribution in [0.1, 0.15) is 12.8 Å². The number of hydrogen-bond donors (Lipinski definition) is 0. The predicted molar refractivity (Wildman–Crippen MR) is 50.1 cm³/mol. The van der Waals surface area contributed by atoms with Gasteiger partial charge >= 0.3 is 18.1 Å². The molecular weight excluding hydrogens is 263 g/mol. The highest BCUT2D eigenvalue weighted by Gasteiger charge is 2.61. The molecule has 0 bridgehead atoms. The number of halogens is 5. The summed E-state index contributed by atoms with van der Waals surface area (Å²) in [6.45, 7) is 3.03. The molecule has 2 unspecified atom stereocenters. The van der Waals surface area contributed by atoms with Crippen molar-refractivity contribution in [3.05, 3.63) is 12.7 Å². The molecule has 1 aliphatic rings. The Bertz CT molecular complexity index is 326. The van der Waals surface area contributed by atoms with Crippen LogP contribution in [-0.4, -0.2) is 36.9 Å². The van der Waals surface area contributed by atoms with Gasteiger partial charge in [-0.2, -0.15) is 22.0 Å². The molecule has 1 saturated heterocycles. The summed E-state index contributed by atoms with van der Waals surface area (Å²) in [5, 5.41) is 0. The van der Waals surface area contributed by atoms with Crippen molar-refractivity contribution in [2.75, 3.05) is 6.61 Å². The fourth-order valence-corrected chi connectivity index (χ4v) is 1.32. The van der Waals surface area contributed by atoms with Crippen LogP contribution >= 0.6 is 0 Å². The summed E-state index contributed by atoms with van der Waals surface area (Å²) in [6.07, 6.45) is -7.85. The smallest absolute Gasteiger partial charge is 0.453 e. The van der Waals surface area contributed by atoms with Gasteiger partial charge in [0.15, 0.2) is 0 Å². The Morgan fingerprint density at radius 1 is 1.28 bits per heavy atom. The molecule has 8 heteroatoms. The Morgan fingerprint density at radius 3 is 2.39 bits per heavy atom. The van der Waals surface area contributed by atoms with E-state index in [0.29, 0.717) is 0 Å². The molecule has 2 atom stereocenters. The van der Waals surface area contributed by atoms with Gasteiger partial charge in [-0.25, -0.2) is 4.79 Å². The molecule has 0 amide bonds. The molecule has 1 rings (SSSR count). The largest absolute Gasteiger partial charge is 0.462 e. The van der Waals surface area contributed by atoms with Gasteiger partial charge in [0.2, 0.25) is 0 Å². The van der Waals surface area contributed by atoms with Crippen molar-refractivity contribution in [1.29, 1.82) is 0 Å². The van der Waals surface area contributed by atoms with Crippen LogP contribution in [0.5, 0.6) is 0 Å². The van der Waals surface area contributed by atoms with E-state index >= 15 is 0 Å². The molecule has 1 aliphatic heterocycles. The summed E-state index contributed by atoms with van der Waals surface area (Å²) < 4.78 is 70.0. The summed E-state index contributed by atoms with van der Waals surface area (Å²) >= 11 is 0. The van der Waals surface area contributed by atoms with Crippen LogP contribution in [0.3, 0.4) is 0 Å². The van der Waals surface area contributed by atoms with Gasteiger partial charge < -0.3 is 9.47 Å². The maximum absolute atomic E-state index is 12.6. The van der Waals surface area contributed by atoms with Crippen LogP contribution in [0.25, 0.3) is 0 Å². The van der Waals surface area contributed by atoms with E-state index in [4.69, 9.17) is 0 Å². The monoisotopic (exact) mass is 274 g/mol. The minimum absolute atomic E-state index is 0.0815. The number of rotatable bonds is 6. The first-order chi connectivity index (χ1) is 8.17. The van der Waals surface area contributed by atoms with E-state index in [2.05, 4.69) is 16.1 Å². The van der Waals surface area contributed by atoms with E-state index in [-0.39, 0.29) is 13.0 Å². The summed E-state index contributed by atoms with van der Waals surface area (Å²) in [5.74, 6) is -5.45. The van der Waals surface area contributed by atoms with Crippen LogP contribution in [-0.2, 0) is 14.3 Å². The number of alkyl halides is 5. The minimum Gasteiger partial charge on any atom is -0.462 e. The zero-order chi connectivity index (χ0) is 14.0. The van der Waals surface area contributed by atoms with Gasteiger partial charge in [-0.15, -0.1) is 0 Å². The topological polar surface area (TPSA) is 38.8 Å². The van der Waals surface area contributed by atoms with Gasteiger partial charge in [-0.3, -0.25) is 0 Å². The first-order valence-electron chi connectivity index (χ1n) is 5.06. The van der Waals surface area contributed by atoms with Crippen LogP contribution in [0.4, 0.5) is 22.0 Å². The number of carbonyl (C=O) groups excluding carboxylic acids is 1. The average Bonchev–Trinajstić information content (AvgIpc) is 2.93. The third-order valence-electron chi connectivity index (χ3n) is 2.37. The van der Waals surface area contributed by atoms with Gasteiger partial charge in [-0.1, -0.05) is 6.58 Å². The van der Waals surface area contributed by atoms with Crippen molar-refractivity contribution >= 4 is 5.97 Å². The molecule has 0 aromatic carbocycles. The van der Waals surface area contributed by atoms with E-state index in [0.717, 1.165) is 6.08 Å². The standard InChI is InChI=1S/C10H11F5O3/c1-2-8(16)17-4-3-6-7(18-6)5-9(11,12)10(13,14)15/h2,6-7H,1,3-5H2. The molecule has 1 fully saturated rings. The second-order valence-corrected chi connectivity index (χ2v) is 3.78. The third-order valence-corrected chi connectivity index (χ3v) is 2.37. The second kappa shape index (κ2) is 5.21. The first kappa shape index (κ1) is 14.9. The molecule has 0 spiro atoms. The number of hydrogen-bond acceptors (Lipinski definition) is 3. The van der Waals surface area contributed by atoms with Gasteiger partial charge in [0.05, 0.1) is 18.8 Å². The average molecular weight is 274 g/mol. The molecule has 0 aromatic heterocycles. The Morgan fingerprint density at radius 2 is 1.89 bits per heavy atom. The third kappa shape index (κ3) is 3.94. The molecule has 0 aliphatic carbocycles. The van der Waals surface area contributed by atoms with Crippen molar-refractivity contribution in [2.24, 2.45) is 0 Å². The Kier molecular flexibility index (Phi) is 4.31. The molecule has 18 heavy (non-hydrogen) atoms. The van der Waals surface area contributed by atoms with E-state index < -0.39 is 36.7 Å². The molecular formula is C10H11F5O3. The van der Waals surface area contributed by atoms with E-state index in [9.17, 15) is 26.7 Å². The lowest BCUT2D eigenvalue weighted by Gasteiger charge is -2.18. The second-order valence-electron chi connectivity index (χ2n) is 3.78. The Labute approximate surface area is 99.5 Å². The van der Waals surface area contributed by atoms with Crippen molar-refractivity contribution in [3.63, 3.8) is 0 Å². The number of epoxide rings is 1. The molecule has 0 saturated carbocycles. The number of esters is 1. The highest BCUT2D eigenvalue weighted by Crippen LogP contribution is 2.43. The zero-order valence-electron chi connectivity index (χ0n) is 9.18. The van der Waals surface area contributed by atoms with Gasteiger partial charge in [0.25, 0.3) is 0 Å². The van der Waals surface area contributed by atoms with Crippen LogP contribution in [0.2, 0.25) is 0 Å². The maximum Gasteiger partial charge on any atom is 0.453 e. The maximum atomic E-state index is 12.6. The van der Waals surface area contributed by atoms with Crippen molar-refractivity contribution in [3.8, 4) is 0 Å². The number of carbonyl (C=O) groups is 1. The molecule has 3 nitrogen and oxygen atoms in total. The predicted octanol–water partition coefficient (Wildman–Crippen LogP) is 2.46. The quantitative estimate of drug-likeness (QED) is 0.323. The highest BCUT2D eigenvalue weighted by molar-refractivity contribution is 5.81. The first-order valence-corrected chi connectivity index (χ1v) is 5.06. The summed E-state index contributed by atoms with van der Waals surface area (Å²) in [5.41, 5.74) is 0. The van der Waals surface area contributed by atoms with E-state index in [1.54, 1.807) is 0 Å². The van der Waals surface area contributed by atoms with Gasteiger partial charge in [-0.05, 0) is 0 Å². The van der Waals surface area contributed by atoms with Crippen LogP contribution in [0, 0.1) is 0 Å². The van der Waals surface area contributed by atoms with E-state index in [1.807, 2.05) is 0 Å². The fourth-order valence-electron chi connectivity index (χ4n) is 1.32. The SMILES string of the molecule is C=CC(=O)OCCC1OC1CC(F)(F)C(F)(F)F. The Hall–Kier alpha value is -1.18. The lowest BCUT2D eigenvalue weighted by Crippen LogP contribution is -2.37. The number of ether oxygens (including phenoxy) is 2. The Balaban J connectivity index is 2.25. The van der Waals surface area contributed by atoms with Crippen LogP contribution < -0.4 is 0 Å². The molecule has 0 radical (unpaired) electrons. The molecule has 0 aromatic rings. The lowest BCUT2D eigenvalue weighted by molar-refractivity contribution is -0.285. The van der Waals surface area contributed by atoms with Crippen molar-refractivity contribution in [2.45, 2.75) is 37.1 Å². The molecule has 104 valence electrons. The van der Waals surface area contributed by atoms with Crippen LogP contribution in [0.15, 0.2) is 12.7 Å². The normalized spacial score (nSPS) is 23.6. The van der Waals surface area contributed by atoms with Gasteiger partial charge in [0.1, 0.15) is 0 Å². The summed E-state index contributed by atoms with van der Waals surface area (Å²) in [4.78, 5) is 10.6. The van der Waals surface area contributed by atoms with Crippen molar-refractivity contribution in [1.82, 2.24) is 0 Å². The fraction of sp³-hybridized carbons (Fsp3) is 0.700. The molecule has 1 heterocycles. The lowest BCUT2D eigenvalue weighted by atomic mass is 10.1. The summed E-state index contributed by atoms with van der Waals surface area (Å²) in [6, 6.07) is 0. The van der Waals surface area contributed by atoms with E-state index in [1.165, 1.54) is 0 Å². The zero-order valence-corrected chi connectivity index (χ0v) is 9.18. The minimum atomic E-state index is -5.57. The van der Waals surface area contributed by atoms with Gasteiger partial charge in [0, 0.05) is 18.9 Å². The highest BCUT2D eigenvalue weighted by atomic mass is 19.4. The van der Waals surface area contributed by atoms with Crippen molar-refractivity contribution < 1.29 is 36.2 Å². The molecule has 0 N–H and O–H groups in total.